The fraction of sp³-hybridized carbons (Fsp3) is 0.957. The van der Waals surface area contributed by atoms with Crippen LogP contribution in [0.4, 0.5) is 0 Å². The molecule has 0 aliphatic carbocycles. The molecule has 26 heavy (non-hydrogen) atoms. The van der Waals surface area contributed by atoms with Gasteiger partial charge in [-0.2, -0.15) is 0 Å². The largest absolute Gasteiger partial charge is 0.481 e. The summed E-state index contributed by atoms with van der Waals surface area (Å²) >= 11 is 0. The number of aliphatic hydroxyl groups is 1. The molecule has 0 rings (SSSR count). The van der Waals surface area contributed by atoms with E-state index in [1.807, 2.05) is 13.8 Å². The van der Waals surface area contributed by atoms with Crippen LogP contribution >= 0.6 is 0 Å². The molecule has 0 spiro atoms. The molecule has 0 aromatic heterocycles. The molecular formula is C23H46O3. The molecule has 1 unspecified atom stereocenters. The summed E-state index contributed by atoms with van der Waals surface area (Å²) < 4.78 is 0. The first kappa shape index (κ1) is 25.4. The Labute approximate surface area is 163 Å². The van der Waals surface area contributed by atoms with Gasteiger partial charge in [0.15, 0.2) is 0 Å². The predicted molar refractivity (Wildman–Crippen MR) is 112 cm³/mol. The van der Waals surface area contributed by atoms with Gasteiger partial charge in [-0.3, -0.25) is 4.79 Å². The van der Waals surface area contributed by atoms with Crippen molar-refractivity contribution in [1.29, 1.82) is 0 Å². The standard InChI is InChI=1S/C23H46O3/c1-4-5-6-7-8-9-10-11-12-13-14-15-16-17-18-21(22(25)26)23(2,3)19-20-24/h21,24H,4-20H2,1-3H3,(H,25,26). The second-order valence-corrected chi connectivity index (χ2v) is 8.74. The molecule has 3 heteroatoms. The molecular weight excluding hydrogens is 324 g/mol. The molecule has 0 bridgehead atoms. The monoisotopic (exact) mass is 370 g/mol. The van der Waals surface area contributed by atoms with Crippen molar-refractivity contribution in [2.75, 3.05) is 6.61 Å². The first-order chi connectivity index (χ1) is 12.5. The Balaban J connectivity index is 3.53. The summed E-state index contributed by atoms with van der Waals surface area (Å²) in [6.07, 6.45) is 19.8. The van der Waals surface area contributed by atoms with Crippen molar-refractivity contribution in [3.8, 4) is 0 Å². The summed E-state index contributed by atoms with van der Waals surface area (Å²) in [6, 6.07) is 0. The second kappa shape index (κ2) is 16.6. The van der Waals surface area contributed by atoms with Gasteiger partial charge in [-0.05, 0) is 18.3 Å². The first-order valence-corrected chi connectivity index (χ1v) is 11.3. The van der Waals surface area contributed by atoms with Crippen molar-refractivity contribution in [2.45, 2.75) is 124 Å². The average Bonchev–Trinajstić information content (AvgIpc) is 2.57. The van der Waals surface area contributed by atoms with Crippen molar-refractivity contribution in [3.63, 3.8) is 0 Å². The van der Waals surface area contributed by atoms with Gasteiger partial charge in [0, 0.05) is 6.61 Å². The van der Waals surface area contributed by atoms with Crippen molar-refractivity contribution in [3.05, 3.63) is 0 Å². The van der Waals surface area contributed by atoms with E-state index < -0.39 is 5.97 Å². The number of hydrogen-bond donors (Lipinski definition) is 2. The van der Waals surface area contributed by atoms with Gasteiger partial charge in [0.1, 0.15) is 0 Å². The molecule has 3 nitrogen and oxygen atoms in total. The zero-order valence-electron chi connectivity index (χ0n) is 17.9. The van der Waals surface area contributed by atoms with E-state index in [0.29, 0.717) is 6.42 Å². The van der Waals surface area contributed by atoms with E-state index in [1.54, 1.807) is 0 Å². The van der Waals surface area contributed by atoms with Gasteiger partial charge in [-0.15, -0.1) is 0 Å². The zero-order chi connectivity index (χ0) is 19.7. The van der Waals surface area contributed by atoms with Gasteiger partial charge in [-0.25, -0.2) is 0 Å². The number of unbranched alkanes of at least 4 members (excludes halogenated alkanes) is 13. The summed E-state index contributed by atoms with van der Waals surface area (Å²) in [7, 11) is 0. The molecule has 2 N–H and O–H groups in total. The highest BCUT2D eigenvalue weighted by atomic mass is 16.4. The molecule has 0 fully saturated rings. The molecule has 0 aromatic carbocycles. The average molecular weight is 371 g/mol. The maximum atomic E-state index is 11.5. The Hall–Kier alpha value is -0.570. The van der Waals surface area contributed by atoms with Crippen LogP contribution in [0.2, 0.25) is 0 Å². The lowest BCUT2D eigenvalue weighted by Crippen LogP contribution is -2.31. The topological polar surface area (TPSA) is 57.5 Å². The molecule has 0 aromatic rings. The Bertz CT molecular complexity index is 325. The van der Waals surface area contributed by atoms with Crippen molar-refractivity contribution >= 4 is 5.97 Å². The Morgan fingerprint density at radius 3 is 1.50 bits per heavy atom. The fourth-order valence-corrected chi connectivity index (χ4v) is 3.85. The van der Waals surface area contributed by atoms with E-state index >= 15 is 0 Å². The van der Waals surface area contributed by atoms with E-state index in [-0.39, 0.29) is 17.9 Å². The third-order valence-electron chi connectivity index (χ3n) is 5.84. The van der Waals surface area contributed by atoms with Gasteiger partial charge in [0.05, 0.1) is 5.92 Å². The smallest absolute Gasteiger partial charge is 0.307 e. The number of carboxylic acid groups (broad SMARTS) is 1. The molecule has 0 amide bonds. The molecule has 0 aliphatic rings. The van der Waals surface area contributed by atoms with Crippen LogP contribution in [0.3, 0.4) is 0 Å². The Morgan fingerprint density at radius 2 is 1.15 bits per heavy atom. The zero-order valence-corrected chi connectivity index (χ0v) is 17.9. The maximum absolute atomic E-state index is 11.5. The highest BCUT2D eigenvalue weighted by molar-refractivity contribution is 5.70. The van der Waals surface area contributed by atoms with Crippen LogP contribution in [0, 0.1) is 11.3 Å². The summed E-state index contributed by atoms with van der Waals surface area (Å²) in [4.78, 5) is 11.5. The van der Waals surface area contributed by atoms with Crippen molar-refractivity contribution < 1.29 is 15.0 Å². The van der Waals surface area contributed by atoms with Crippen LogP contribution in [0.5, 0.6) is 0 Å². The molecule has 0 aliphatic heterocycles. The van der Waals surface area contributed by atoms with Gasteiger partial charge in [0.25, 0.3) is 0 Å². The second-order valence-electron chi connectivity index (χ2n) is 8.74. The molecule has 156 valence electrons. The normalized spacial score (nSPS) is 13.1. The van der Waals surface area contributed by atoms with Crippen molar-refractivity contribution in [1.82, 2.24) is 0 Å². The Kier molecular flexibility index (Phi) is 16.2. The highest BCUT2D eigenvalue weighted by Crippen LogP contribution is 2.34. The SMILES string of the molecule is CCCCCCCCCCCCCCCCC(C(=O)O)C(C)(C)CCO. The third kappa shape index (κ3) is 13.6. The maximum Gasteiger partial charge on any atom is 0.307 e. The molecule has 0 saturated carbocycles. The molecule has 0 heterocycles. The van der Waals surface area contributed by atoms with Gasteiger partial charge >= 0.3 is 5.97 Å². The lowest BCUT2D eigenvalue weighted by molar-refractivity contribution is -0.146. The Morgan fingerprint density at radius 1 is 0.769 bits per heavy atom. The molecule has 1 atom stereocenters. The van der Waals surface area contributed by atoms with Crippen LogP contribution in [-0.2, 0) is 4.79 Å². The van der Waals surface area contributed by atoms with E-state index in [0.717, 1.165) is 19.3 Å². The minimum atomic E-state index is -0.710. The van der Waals surface area contributed by atoms with Gasteiger partial charge in [-0.1, -0.05) is 111 Å². The lowest BCUT2D eigenvalue weighted by atomic mass is 9.74. The number of carbonyl (C=O) groups is 1. The molecule has 0 saturated heterocycles. The van der Waals surface area contributed by atoms with E-state index in [2.05, 4.69) is 6.92 Å². The van der Waals surface area contributed by atoms with Gasteiger partial charge < -0.3 is 10.2 Å². The minimum absolute atomic E-state index is 0.0650. The number of aliphatic carboxylic acids is 1. The highest BCUT2D eigenvalue weighted by Gasteiger charge is 2.33. The minimum Gasteiger partial charge on any atom is -0.481 e. The van der Waals surface area contributed by atoms with Crippen LogP contribution in [0.1, 0.15) is 124 Å². The lowest BCUT2D eigenvalue weighted by Gasteiger charge is -2.31. The third-order valence-corrected chi connectivity index (χ3v) is 5.84. The summed E-state index contributed by atoms with van der Waals surface area (Å²) in [5.41, 5.74) is -0.322. The first-order valence-electron chi connectivity index (χ1n) is 11.3. The van der Waals surface area contributed by atoms with Crippen LogP contribution in [0.15, 0.2) is 0 Å². The number of rotatable bonds is 19. The number of carboxylic acids is 1. The summed E-state index contributed by atoms with van der Waals surface area (Å²) in [6.45, 7) is 6.26. The van der Waals surface area contributed by atoms with Crippen molar-refractivity contribution in [2.24, 2.45) is 11.3 Å². The van der Waals surface area contributed by atoms with Gasteiger partial charge in [0.2, 0.25) is 0 Å². The van der Waals surface area contributed by atoms with E-state index in [4.69, 9.17) is 5.11 Å². The van der Waals surface area contributed by atoms with Crippen LogP contribution < -0.4 is 0 Å². The summed E-state index contributed by atoms with van der Waals surface area (Å²) in [5.74, 6) is -1.05. The quantitative estimate of drug-likeness (QED) is 0.241. The number of hydrogen-bond acceptors (Lipinski definition) is 2. The fourth-order valence-electron chi connectivity index (χ4n) is 3.85. The number of aliphatic hydroxyl groups excluding tert-OH is 1. The van der Waals surface area contributed by atoms with E-state index in [9.17, 15) is 9.90 Å². The van der Waals surface area contributed by atoms with E-state index in [1.165, 1.54) is 77.0 Å². The van der Waals surface area contributed by atoms with Crippen LogP contribution in [0.25, 0.3) is 0 Å². The van der Waals surface area contributed by atoms with Crippen LogP contribution in [-0.4, -0.2) is 22.8 Å². The summed E-state index contributed by atoms with van der Waals surface area (Å²) in [5, 5.41) is 18.6. The predicted octanol–water partition coefficient (Wildman–Crippen LogP) is 6.97. The molecule has 0 radical (unpaired) electrons.